The quantitative estimate of drug-likeness (QED) is 0.411. The molecule has 2 aromatic heterocycles. The highest BCUT2D eigenvalue weighted by Crippen LogP contribution is 2.61. The Labute approximate surface area is 213 Å². The highest BCUT2D eigenvalue weighted by atomic mass is 35.5. The van der Waals surface area contributed by atoms with Gasteiger partial charge in [-0.3, -0.25) is 9.59 Å². The van der Waals surface area contributed by atoms with E-state index in [2.05, 4.69) is 0 Å². The SMILES string of the molecule is Cn1c(=O)n2n(c1=O)[C@@H]1C[C@H]3C(=O)N(c4ccc(F)c(Cl)c4)C(=O)[C@@]3(C)[C@@H](c3ccc(CO)o3)C1=CC2. The van der Waals surface area contributed by atoms with Crippen molar-refractivity contribution in [3.05, 3.63) is 85.3 Å². The second kappa shape index (κ2) is 7.90. The van der Waals surface area contributed by atoms with Crippen LogP contribution in [0.25, 0.3) is 0 Å². The van der Waals surface area contributed by atoms with Gasteiger partial charge in [-0.2, -0.15) is 0 Å². The summed E-state index contributed by atoms with van der Waals surface area (Å²) in [5.74, 6) is -2.75. The lowest BCUT2D eigenvalue weighted by Gasteiger charge is -2.46. The molecule has 0 spiro atoms. The Balaban J connectivity index is 1.57. The van der Waals surface area contributed by atoms with Gasteiger partial charge in [0.1, 0.15) is 23.9 Å². The second-order valence-corrected chi connectivity index (χ2v) is 10.2. The van der Waals surface area contributed by atoms with Crippen LogP contribution in [0, 0.1) is 17.2 Å². The van der Waals surface area contributed by atoms with Crippen molar-refractivity contribution in [2.45, 2.75) is 38.5 Å². The lowest BCUT2D eigenvalue weighted by Crippen LogP contribution is -2.49. The van der Waals surface area contributed by atoms with Gasteiger partial charge in [0, 0.05) is 7.05 Å². The number of benzene rings is 1. The van der Waals surface area contributed by atoms with Gasteiger partial charge in [-0.05, 0) is 49.2 Å². The lowest BCUT2D eigenvalue weighted by molar-refractivity contribution is -0.129. The summed E-state index contributed by atoms with van der Waals surface area (Å²) in [6.07, 6.45) is 1.89. The van der Waals surface area contributed by atoms with Crippen LogP contribution >= 0.6 is 11.6 Å². The number of imide groups is 1. The van der Waals surface area contributed by atoms with Gasteiger partial charge in [0.05, 0.1) is 40.5 Å². The zero-order chi connectivity index (χ0) is 26.4. The number of carbonyl (C=O) groups is 2. The van der Waals surface area contributed by atoms with Crippen LogP contribution in [-0.4, -0.2) is 30.9 Å². The number of furan rings is 1. The Morgan fingerprint density at radius 3 is 2.59 bits per heavy atom. The first kappa shape index (κ1) is 23.7. The van der Waals surface area contributed by atoms with Crippen molar-refractivity contribution in [1.29, 1.82) is 0 Å². The molecule has 3 aliphatic rings. The Morgan fingerprint density at radius 1 is 1.16 bits per heavy atom. The van der Waals surface area contributed by atoms with Gasteiger partial charge in [0.15, 0.2) is 0 Å². The molecule has 6 rings (SSSR count). The van der Waals surface area contributed by atoms with Crippen molar-refractivity contribution >= 4 is 29.1 Å². The number of halogens is 2. The number of anilines is 1. The fraction of sp³-hybridized carbons (Fsp3) is 0.360. The van der Waals surface area contributed by atoms with Crippen LogP contribution in [0.15, 0.2) is 56.0 Å². The molecule has 0 bridgehead atoms. The first-order chi connectivity index (χ1) is 17.6. The van der Waals surface area contributed by atoms with E-state index in [0.717, 1.165) is 15.5 Å². The second-order valence-electron chi connectivity index (χ2n) is 9.81. The Kier molecular flexibility index (Phi) is 5.06. The minimum Gasteiger partial charge on any atom is -0.463 e. The number of aliphatic hydroxyl groups is 1. The minimum absolute atomic E-state index is 0.0890. The number of fused-ring (bicyclic) bond motifs is 4. The van der Waals surface area contributed by atoms with Gasteiger partial charge >= 0.3 is 11.4 Å². The van der Waals surface area contributed by atoms with Gasteiger partial charge in [0.2, 0.25) is 11.8 Å². The van der Waals surface area contributed by atoms with Crippen molar-refractivity contribution in [1.82, 2.24) is 13.9 Å². The summed E-state index contributed by atoms with van der Waals surface area (Å²) in [5, 5.41) is 9.37. The molecule has 1 aromatic carbocycles. The van der Waals surface area contributed by atoms with Crippen LogP contribution in [0.4, 0.5) is 10.1 Å². The maximum Gasteiger partial charge on any atom is 0.347 e. The molecule has 12 heteroatoms. The average molecular weight is 529 g/mol. The molecule has 4 heterocycles. The highest BCUT2D eigenvalue weighted by Gasteiger charge is 2.66. The molecule has 1 saturated heterocycles. The Hall–Kier alpha value is -3.70. The zero-order valence-corrected chi connectivity index (χ0v) is 20.6. The van der Waals surface area contributed by atoms with Crippen LogP contribution in [0.5, 0.6) is 0 Å². The van der Waals surface area contributed by atoms with Gasteiger partial charge < -0.3 is 9.52 Å². The molecule has 0 radical (unpaired) electrons. The van der Waals surface area contributed by atoms with Crippen molar-refractivity contribution < 1.29 is 23.5 Å². The van der Waals surface area contributed by atoms with E-state index < -0.39 is 52.3 Å². The molecular formula is C25H22ClFN4O6. The molecule has 1 aliphatic carbocycles. The van der Waals surface area contributed by atoms with Crippen molar-refractivity contribution in [2.24, 2.45) is 18.4 Å². The monoisotopic (exact) mass is 528 g/mol. The molecule has 2 amide bonds. The van der Waals surface area contributed by atoms with E-state index in [1.54, 1.807) is 25.1 Å². The topological polar surface area (TPSA) is 120 Å². The number of aromatic nitrogens is 3. The number of allylic oxidation sites excluding steroid dienone is 2. The molecule has 192 valence electrons. The van der Waals surface area contributed by atoms with E-state index in [4.69, 9.17) is 16.0 Å². The van der Waals surface area contributed by atoms with Gasteiger partial charge in [-0.1, -0.05) is 17.7 Å². The van der Waals surface area contributed by atoms with Crippen molar-refractivity contribution in [3.63, 3.8) is 0 Å². The Bertz CT molecular complexity index is 1650. The molecule has 3 aromatic rings. The minimum atomic E-state index is -1.33. The smallest absolute Gasteiger partial charge is 0.347 e. The van der Waals surface area contributed by atoms with Gasteiger partial charge in [0.25, 0.3) is 0 Å². The van der Waals surface area contributed by atoms with Crippen molar-refractivity contribution in [2.75, 3.05) is 4.90 Å². The van der Waals surface area contributed by atoms with E-state index >= 15 is 0 Å². The molecule has 2 aliphatic heterocycles. The van der Waals surface area contributed by atoms with E-state index in [0.29, 0.717) is 11.3 Å². The van der Waals surface area contributed by atoms with Crippen LogP contribution in [0.1, 0.15) is 36.8 Å². The first-order valence-corrected chi connectivity index (χ1v) is 12.1. The third-order valence-corrected chi connectivity index (χ3v) is 8.30. The lowest BCUT2D eigenvalue weighted by atomic mass is 9.58. The predicted octanol–water partition coefficient (Wildman–Crippen LogP) is 2.09. The number of aliphatic hydroxyl groups excluding tert-OH is 1. The van der Waals surface area contributed by atoms with E-state index in [-0.39, 0.29) is 36.0 Å². The molecular weight excluding hydrogens is 507 g/mol. The Morgan fingerprint density at radius 2 is 1.92 bits per heavy atom. The summed E-state index contributed by atoms with van der Waals surface area (Å²) in [5.41, 5.74) is -1.53. The third kappa shape index (κ3) is 3.01. The van der Waals surface area contributed by atoms with Crippen LogP contribution in [-0.2, 0) is 29.8 Å². The highest BCUT2D eigenvalue weighted by molar-refractivity contribution is 6.31. The summed E-state index contributed by atoms with van der Waals surface area (Å²) in [4.78, 5) is 54.7. The molecule has 10 nitrogen and oxygen atoms in total. The van der Waals surface area contributed by atoms with Gasteiger partial charge in [-0.25, -0.2) is 32.8 Å². The summed E-state index contributed by atoms with van der Waals surface area (Å²) < 4.78 is 23.4. The average Bonchev–Trinajstić information content (AvgIpc) is 3.49. The molecule has 0 unspecified atom stereocenters. The third-order valence-electron chi connectivity index (χ3n) is 8.01. The molecule has 2 fully saturated rings. The maximum absolute atomic E-state index is 14.1. The molecule has 4 atom stereocenters. The van der Waals surface area contributed by atoms with Gasteiger partial charge in [-0.15, -0.1) is 0 Å². The number of hydrogen-bond acceptors (Lipinski definition) is 6. The standard InChI is InChI=1S/C25H22ClFN4O6/c1-25-15(21(33)30(22(25)34)12-3-5-17(27)16(26)9-12)10-18-14(20(25)19-6-4-13(11-32)37-19)7-8-29-23(35)28(2)24(36)31(18)29/h3-7,9,15,18,20,32H,8,10-11H2,1-2H3/t15-,18+,20+,25+/m0/s1. The fourth-order valence-corrected chi connectivity index (χ4v) is 6.37. The number of hydrogen-bond donors (Lipinski definition) is 1. The molecule has 37 heavy (non-hydrogen) atoms. The zero-order valence-electron chi connectivity index (χ0n) is 19.9. The van der Waals surface area contributed by atoms with E-state index in [9.17, 15) is 28.7 Å². The summed E-state index contributed by atoms with van der Waals surface area (Å²) in [7, 11) is 1.39. The van der Waals surface area contributed by atoms with Crippen molar-refractivity contribution in [3.8, 4) is 0 Å². The normalized spacial score (nSPS) is 26.7. The van der Waals surface area contributed by atoms with Crippen LogP contribution < -0.4 is 16.3 Å². The molecule has 1 N–H and O–H groups in total. The number of nitrogens with zero attached hydrogens (tertiary/aromatic N) is 4. The fourth-order valence-electron chi connectivity index (χ4n) is 6.19. The maximum atomic E-state index is 14.1. The van der Waals surface area contributed by atoms with Crippen LogP contribution in [0.3, 0.4) is 0 Å². The van der Waals surface area contributed by atoms with Crippen LogP contribution in [0.2, 0.25) is 5.02 Å². The number of carbonyl (C=O) groups excluding carboxylic acids is 2. The predicted molar refractivity (Wildman–Crippen MR) is 129 cm³/mol. The summed E-state index contributed by atoms with van der Waals surface area (Å²) in [6, 6.07) is 6.18. The van der Waals surface area contributed by atoms with E-state index in [1.165, 1.54) is 28.5 Å². The van der Waals surface area contributed by atoms with E-state index in [1.807, 2.05) is 0 Å². The summed E-state index contributed by atoms with van der Waals surface area (Å²) in [6.45, 7) is 1.42. The largest absolute Gasteiger partial charge is 0.463 e. The first-order valence-electron chi connectivity index (χ1n) is 11.7. The summed E-state index contributed by atoms with van der Waals surface area (Å²) >= 11 is 5.96. The molecule has 1 saturated carbocycles. The number of rotatable bonds is 3. The number of amides is 2.